The summed E-state index contributed by atoms with van der Waals surface area (Å²) in [5.74, 6) is 0.205. The van der Waals surface area contributed by atoms with Crippen molar-refractivity contribution in [2.24, 2.45) is 0 Å². The molecule has 4 heteroatoms. The van der Waals surface area contributed by atoms with Crippen LogP contribution in [-0.4, -0.2) is 56.7 Å². The molecule has 1 aliphatic rings. The molecule has 0 N–H and O–H groups in total. The van der Waals surface area contributed by atoms with Crippen LogP contribution in [0, 0.1) is 13.8 Å². The zero-order chi connectivity index (χ0) is 15.4. The van der Waals surface area contributed by atoms with Gasteiger partial charge in [0.05, 0.1) is 12.2 Å². The van der Waals surface area contributed by atoms with Gasteiger partial charge in [0.1, 0.15) is 0 Å². The maximum absolute atomic E-state index is 12.3. The third-order valence-corrected chi connectivity index (χ3v) is 4.10. The van der Waals surface area contributed by atoms with E-state index in [2.05, 4.69) is 11.0 Å². The molecule has 21 heavy (non-hydrogen) atoms. The van der Waals surface area contributed by atoms with Gasteiger partial charge in [-0.3, -0.25) is 9.69 Å². The first kappa shape index (κ1) is 16.1. The summed E-state index contributed by atoms with van der Waals surface area (Å²) >= 11 is 0. The fourth-order valence-corrected chi connectivity index (χ4v) is 2.99. The van der Waals surface area contributed by atoms with E-state index in [4.69, 9.17) is 9.47 Å². The highest BCUT2D eigenvalue weighted by Crippen LogP contribution is 2.17. The number of likely N-dealkylation sites (tertiary alicyclic amines) is 1. The lowest BCUT2D eigenvalue weighted by molar-refractivity contribution is -0.00461. The second kappa shape index (κ2) is 7.16. The number of carbonyl (C=O) groups is 1. The molecule has 0 spiro atoms. The topological polar surface area (TPSA) is 38.8 Å². The molecule has 0 aliphatic carbocycles. The highest BCUT2D eigenvalue weighted by atomic mass is 16.5. The number of ketones is 1. The molecule has 4 nitrogen and oxygen atoms in total. The molecule has 116 valence electrons. The van der Waals surface area contributed by atoms with Crippen molar-refractivity contribution in [2.75, 3.05) is 33.9 Å². The molecular formula is C17H25NO3. The summed E-state index contributed by atoms with van der Waals surface area (Å²) in [6, 6.07) is 6.02. The van der Waals surface area contributed by atoms with Crippen molar-refractivity contribution in [3.8, 4) is 0 Å². The molecule has 0 bridgehead atoms. The van der Waals surface area contributed by atoms with Crippen LogP contribution in [0.4, 0.5) is 0 Å². The summed E-state index contributed by atoms with van der Waals surface area (Å²) in [5.41, 5.74) is 3.09. The van der Waals surface area contributed by atoms with Gasteiger partial charge in [-0.05, 0) is 26.0 Å². The molecule has 0 amide bonds. The molecule has 1 fully saturated rings. The van der Waals surface area contributed by atoms with Gasteiger partial charge in [0, 0.05) is 45.8 Å². The van der Waals surface area contributed by atoms with Gasteiger partial charge in [-0.2, -0.15) is 0 Å². The van der Waals surface area contributed by atoms with Crippen LogP contribution in [-0.2, 0) is 9.47 Å². The Balaban J connectivity index is 1.90. The first-order valence-electron chi connectivity index (χ1n) is 7.43. The number of methoxy groups -OCH3 is 2. The fraction of sp³-hybridized carbons (Fsp3) is 0.588. The van der Waals surface area contributed by atoms with Crippen molar-refractivity contribution in [3.63, 3.8) is 0 Å². The van der Waals surface area contributed by atoms with E-state index in [1.165, 1.54) is 0 Å². The van der Waals surface area contributed by atoms with Crippen LogP contribution < -0.4 is 0 Å². The summed E-state index contributed by atoms with van der Waals surface area (Å²) in [7, 11) is 3.42. The Kier molecular flexibility index (Phi) is 5.51. The Morgan fingerprint density at radius 1 is 1.10 bits per heavy atom. The van der Waals surface area contributed by atoms with Crippen molar-refractivity contribution >= 4 is 5.78 Å². The van der Waals surface area contributed by atoms with Gasteiger partial charge in [0.15, 0.2) is 5.78 Å². The lowest BCUT2D eigenvalue weighted by Gasteiger charge is -2.14. The second-order valence-corrected chi connectivity index (χ2v) is 5.86. The van der Waals surface area contributed by atoms with Crippen LogP contribution in [0.1, 0.15) is 27.9 Å². The van der Waals surface area contributed by atoms with E-state index in [-0.39, 0.29) is 18.0 Å². The van der Waals surface area contributed by atoms with Crippen LogP contribution in [0.15, 0.2) is 18.2 Å². The Bertz CT molecular complexity index is 469. The molecule has 0 aromatic heterocycles. The number of aryl methyl sites for hydroxylation is 2. The number of benzene rings is 1. The van der Waals surface area contributed by atoms with Gasteiger partial charge < -0.3 is 9.47 Å². The highest BCUT2D eigenvalue weighted by molar-refractivity contribution is 5.96. The highest BCUT2D eigenvalue weighted by Gasteiger charge is 2.32. The van der Waals surface area contributed by atoms with Crippen molar-refractivity contribution in [1.82, 2.24) is 4.90 Å². The van der Waals surface area contributed by atoms with Crippen LogP contribution in [0.5, 0.6) is 0 Å². The average Bonchev–Trinajstić information content (AvgIpc) is 2.86. The van der Waals surface area contributed by atoms with Crippen LogP contribution in [0.25, 0.3) is 0 Å². The molecule has 2 unspecified atom stereocenters. The largest absolute Gasteiger partial charge is 0.377 e. The molecular weight excluding hydrogens is 266 g/mol. The van der Waals surface area contributed by atoms with Gasteiger partial charge in [-0.15, -0.1) is 0 Å². The summed E-state index contributed by atoms with van der Waals surface area (Å²) in [6.45, 7) is 6.46. The van der Waals surface area contributed by atoms with Gasteiger partial charge >= 0.3 is 0 Å². The van der Waals surface area contributed by atoms with Gasteiger partial charge in [0.2, 0.25) is 0 Å². The smallest absolute Gasteiger partial charge is 0.164 e. The number of hydrogen-bond acceptors (Lipinski definition) is 4. The number of ether oxygens (including phenoxy) is 2. The summed E-state index contributed by atoms with van der Waals surface area (Å²) in [4.78, 5) is 14.6. The zero-order valence-electron chi connectivity index (χ0n) is 13.4. The number of nitrogens with zero attached hydrogens (tertiary/aromatic N) is 1. The molecule has 1 aromatic rings. The van der Waals surface area contributed by atoms with E-state index in [9.17, 15) is 4.79 Å². The van der Waals surface area contributed by atoms with Crippen molar-refractivity contribution in [2.45, 2.75) is 32.5 Å². The van der Waals surface area contributed by atoms with E-state index in [0.29, 0.717) is 6.42 Å². The van der Waals surface area contributed by atoms with Crippen molar-refractivity contribution in [3.05, 3.63) is 34.9 Å². The van der Waals surface area contributed by atoms with E-state index >= 15 is 0 Å². The Morgan fingerprint density at radius 3 is 2.10 bits per heavy atom. The summed E-state index contributed by atoms with van der Waals surface area (Å²) in [5, 5.41) is 0. The monoisotopic (exact) mass is 291 g/mol. The van der Waals surface area contributed by atoms with E-state index in [1.54, 1.807) is 14.2 Å². The lowest BCUT2D eigenvalue weighted by atomic mass is 10.0. The zero-order valence-corrected chi connectivity index (χ0v) is 13.4. The first-order chi connectivity index (χ1) is 10.0. The third kappa shape index (κ3) is 4.13. The SMILES string of the molecule is COC1CN(CCC(=O)c2cc(C)cc(C)c2)CC1OC. The predicted molar refractivity (Wildman–Crippen MR) is 82.9 cm³/mol. The van der Waals surface area contributed by atoms with Crippen molar-refractivity contribution in [1.29, 1.82) is 0 Å². The van der Waals surface area contributed by atoms with Crippen LogP contribution >= 0.6 is 0 Å². The first-order valence-corrected chi connectivity index (χ1v) is 7.43. The van der Waals surface area contributed by atoms with Crippen LogP contribution in [0.2, 0.25) is 0 Å². The summed E-state index contributed by atoms with van der Waals surface area (Å²) in [6.07, 6.45) is 0.744. The molecule has 0 saturated carbocycles. The molecule has 2 rings (SSSR count). The number of carbonyl (C=O) groups excluding carboxylic acids is 1. The molecule has 1 heterocycles. The molecule has 1 saturated heterocycles. The average molecular weight is 291 g/mol. The molecule has 1 aliphatic heterocycles. The van der Waals surface area contributed by atoms with E-state index in [1.807, 2.05) is 26.0 Å². The van der Waals surface area contributed by atoms with Gasteiger partial charge in [0.25, 0.3) is 0 Å². The molecule has 1 aromatic carbocycles. The summed E-state index contributed by atoms with van der Waals surface area (Å²) < 4.78 is 10.8. The lowest BCUT2D eigenvalue weighted by Crippen LogP contribution is -2.27. The molecule has 2 atom stereocenters. The quantitative estimate of drug-likeness (QED) is 0.753. The number of hydrogen-bond donors (Lipinski definition) is 0. The standard InChI is InChI=1S/C17H25NO3/c1-12-7-13(2)9-14(8-12)15(19)5-6-18-10-16(20-3)17(11-18)21-4/h7-9,16-17H,5-6,10-11H2,1-4H3. The number of Topliss-reactive ketones (excluding diaryl/α,β-unsaturated/α-hetero) is 1. The normalized spacial score (nSPS) is 22.7. The Labute approximate surface area is 127 Å². The minimum Gasteiger partial charge on any atom is -0.377 e. The Hall–Kier alpha value is -1.23. The van der Waals surface area contributed by atoms with E-state index in [0.717, 1.165) is 36.3 Å². The maximum atomic E-state index is 12.3. The second-order valence-electron chi connectivity index (χ2n) is 5.86. The van der Waals surface area contributed by atoms with E-state index < -0.39 is 0 Å². The van der Waals surface area contributed by atoms with Crippen LogP contribution in [0.3, 0.4) is 0 Å². The van der Waals surface area contributed by atoms with Gasteiger partial charge in [-0.25, -0.2) is 0 Å². The van der Waals surface area contributed by atoms with Gasteiger partial charge in [-0.1, -0.05) is 17.2 Å². The predicted octanol–water partition coefficient (Wildman–Crippen LogP) is 2.22. The third-order valence-electron chi connectivity index (χ3n) is 4.10. The minimum atomic E-state index is 0.103. The molecule has 0 radical (unpaired) electrons. The van der Waals surface area contributed by atoms with Crippen molar-refractivity contribution < 1.29 is 14.3 Å². The fourth-order valence-electron chi connectivity index (χ4n) is 2.99. The number of rotatable bonds is 6. The Morgan fingerprint density at radius 2 is 1.62 bits per heavy atom. The minimum absolute atomic E-state index is 0.103. The maximum Gasteiger partial charge on any atom is 0.164 e.